The summed E-state index contributed by atoms with van der Waals surface area (Å²) < 4.78 is 7.66. The van der Waals surface area contributed by atoms with E-state index >= 15 is 0 Å². The summed E-state index contributed by atoms with van der Waals surface area (Å²) in [6, 6.07) is 5.61. The highest BCUT2D eigenvalue weighted by molar-refractivity contribution is 5.85. The maximum Gasteiger partial charge on any atom is 0.403 e. The number of hydrogen-bond acceptors (Lipinski definition) is 2. The molecule has 1 fully saturated rings. The quantitative estimate of drug-likeness (QED) is 0.627. The average molecular weight is 276 g/mol. The van der Waals surface area contributed by atoms with E-state index in [2.05, 4.69) is 20.8 Å². The van der Waals surface area contributed by atoms with Crippen LogP contribution in [0.4, 0.5) is 0 Å². The van der Waals surface area contributed by atoms with Crippen LogP contribution in [0.1, 0.15) is 50.5 Å². The van der Waals surface area contributed by atoms with E-state index in [0.29, 0.717) is 23.4 Å². The van der Waals surface area contributed by atoms with Gasteiger partial charge in [0.25, 0.3) is 5.69 Å². The second-order valence-electron chi connectivity index (χ2n) is 6.47. The second-order valence-corrected chi connectivity index (χ2v) is 6.47. The lowest BCUT2D eigenvalue weighted by Crippen LogP contribution is -2.40. The number of carbonyl (C=O) groups is 1. The lowest BCUT2D eigenvalue weighted by atomic mass is 9.75. The largest absolute Gasteiger partial charge is 0.454 e. The highest BCUT2D eigenvalue weighted by atomic mass is 16.5. The van der Waals surface area contributed by atoms with Crippen LogP contribution >= 0.6 is 0 Å². The van der Waals surface area contributed by atoms with Crippen LogP contribution in [-0.2, 0) is 11.8 Å². The van der Waals surface area contributed by atoms with Crippen LogP contribution in [-0.4, -0.2) is 12.1 Å². The number of rotatable bonds is 3. The van der Waals surface area contributed by atoms with E-state index in [-0.39, 0.29) is 12.1 Å². The zero-order chi connectivity index (χ0) is 14.7. The Hall–Kier alpha value is -1.38. The predicted octanol–water partition coefficient (Wildman–Crippen LogP) is 3.13. The standard InChI is InChI=1S/C17H26NO2/c1-12(2)14-9-8-13(3)11-16(14)20-17(19)15-7-5-6-10-18(15)4/h5-7,10,12-14,16H,8-9,11H2,1-4H3/q+1/t13-,14-,16-/m1/s1. The molecule has 0 spiro atoms. The first-order valence-corrected chi connectivity index (χ1v) is 7.64. The molecule has 110 valence electrons. The predicted molar refractivity (Wildman–Crippen MR) is 78.2 cm³/mol. The van der Waals surface area contributed by atoms with Crippen LogP contribution in [0.15, 0.2) is 24.4 Å². The molecule has 0 radical (unpaired) electrons. The van der Waals surface area contributed by atoms with Gasteiger partial charge in [0.1, 0.15) is 13.2 Å². The number of aromatic nitrogens is 1. The summed E-state index contributed by atoms with van der Waals surface area (Å²) in [6.45, 7) is 6.70. The number of carbonyl (C=O) groups excluding carboxylic acids is 1. The van der Waals surface area contributed by atoms with Gasteiger partial charge >= 0.3 is 5.97 Å². The molecule has 0 amide bonds. The summed E-state index contributed by atoms with van der Waals surface area (Å²) in [5.41, 5.74) is 0.619. The SMILES string of the molecule is CC(C)[C@H]1CC[C@@H](C)C[C@H]1OC(=O)c1cccc[n+]1C. The molecular weight excluding hydrogens is 250 g/mol. The van der Waals surface area contributed by atoms with E-state index in [4.69, 9.17) is 4.74 Å². The van der Waals surface area contributed by atoms with Crippen molar-refractivity contribution in [3.8, 4) is 0 Å². The van der Waals surface area contributed by atoms with Gasteiger partial charge in [-0.25, -0.2) is 4.79 Å². The first-order chi connectivity index (χ1) is 9.49. The second kappa shape index (κ2) is 6.38. The average Bonchev–Trinajstić information content (AvgIpc) is 2.38. The van der Waals surface area contributed by atoms with E-state index in [1.54, 1.807) is 0 Å². The summed E-state index contributed by atoms with van der Waals surface area (Å²) in [4.78, 5) is 12.4. The Morgan fingerprint density at radius 3 is 2.75 bits per heavy atom. The summed E-state index contributed by atoms with van der Waals surface area (Å²) in [5, 5.41) is 0. The van der Waals surface area contributed by atoms with Crippen LogP contribution in [0.3, 0.4) is 0 Å². The number of esters is 1. The van der Waals surface area contributed by atoms with Gasteiger partial charge in [0.05, 0.1) is 0 Å². The lowest BCUT2D eigenvalue weighted by Gasteiger charge is -2.36. The van der Waals surface area contributed by atoms with E-state index in [9.17, 15) is 4.79 Å². The first-order valence-electron chi connectivity index (χ1n) is 7.64. The molecule has 2 rings (SSSR count). The van der Waals surface area contributed by atoms with Gasteiger partial charge in [-0.3, -0.25) is 0 Å². The molecule has 0 unspecified atom stereocenters. The van der Waals surface area contributed by atoms with Gasteiger partial charge in [-0.2, -0.15) is 4.57 Å². The molecule has 3 heteroatoms. The van der Waals surface area contributed by atoms with Gasteiger partial charge in [-0.1, -0.05) is 27.2 Å². The fourth-order valence-corrected chi connectivity index (χ4v) is 3.18. The fraction of sp³-hybridized carbons (Fsp3) is 0.647. The Kier molecular flexibility index (Phi) is 4.79. The molecule has 3 nitrogen and oxygen atoms in total. The number of ether oxygens (including phenoxy) is 1. The Labute approximate surface area is 122 Å². The van der Waals surface area contributed by atoms with Crippen molar-refractivity contribution in [1.29, 1.82) is 0 Å². The third-order valence-corrected chi connectivity index (χ3v) is 4.48. The van der Waals surface area contributed by atoms with Gasteiger partial charge in [-0.15, -0.1) is 0 Å². The van der Waals surface area contributed by atoms with Crippen molar-refractivity contribution in [3.63, 3.8) is 0 Å². The van der Waals surface area contributed by atoms with E-state index in [1.165, 1.54) is 6.42 Å². The van der Waals surface area contributed by atoms with E-state index in [0.717, 1.165) is 12.8 Å². The van der Waals surface area contributed by atoms with Crippen molar-refractivity contribution >= 4 is 5.97 Å². The summed E-state index contributed by atoms with van der Waals surface area (Å²) in [5.74, 6) is 1.50. The summed E-state index contributed by atoms with van der Waals surface area (Å²) in [7, 11) is 1.88. The normalized spacial score (nSPS) is 26.6. The van der Waals surface area contributed by atoms with Crippen molar-refractivity contribution in [3.05, 3.63) is 30.1 Å². The molecule has 0 saturated heterocycles. The molecule has 1 aliphatic carbocycles. The van der Waals surface area contributed by atoms with Crippen molar-refractivity contribution < 1.29 is 14.1 Å². The van der Waals surface area contributed by atoms with Crippen LogP contribution < -0.4 is 4.57 Å². The van der Waals surface area contributed by atoms with Gasteiger partial charge in [0.15, 0.2) is 6.20 Å². The molecule has 1 aromatic heterocycles. The van der Waals surface area contributed by atoms with Gasteiger partial charge in [-0.05, 0) is 36.7 Å². The molecule has 3 atom stereocenters. The minimum absolute atomic E-state index is 0.0615. The Morgan fingerprint density at radius 2 is 2.10 bits per heavy atom. The van der Waals surface area contributed by atoms with Crippen molar-refractivity contribution in [2.24, 2.45) is 24.8 Å². The number of aryl methyl sites for hydroxylation is 1. The highest BCUT2D eigenvalue weighted by Crippen LogP contribution is 2.35. The third-order valence-electron chi connectivity index (χ3n) is 4.48. The minimum atomic E-state index is -0.196. The molecule has 20 heavy (non-hydrogen) atoms. The van der Waals surface area contributed by atoms with E-state index in [1.807, 2.05) is 36.0 Å². The number of pyridine rings is 1. The highest BCUT2D eigenvalue weighted by Gasteiger charge is 2.34. The topological polar surface area (TPSA) is 30.2 Å². The zero-order valence-electron chi connectivity index (χ0n) is 13.0. The van der Waals surface area contributed by atoms with Gasteiger partial charge in [0.2, 0.25) is 0 Å². The number of hydrogen-bond donors (Lipinski definition) is 0. The molecule has 0 aliphatic heterocycles. The van der Waals surface area contributed by atoms with E-state index < -0.39 is 0 Å². The van der Waals surface area contributed by atoms with Crippen LogP contribution in [0.25, 0.3) is 0 Å². The van der Waals surface area contributed by atoms with Crippen LogP contribution in [0, 0.1) is 17.8 Å². The Morgan fingerprint density at radius 1 is 1.35 bits per heavy atom. The smallest absolute Gasteiger partial charge is 0.403 e. The molecule has 0 aromatic carbocycles. The Balaban J connectivity index is 2.10. The first kappa shape index (κ1) is 15.0. The van der Waals surface area contributed by atoms with Gasteiger partial charge < -0.3 is 4.74 Å². The summed E-state index contributed by atoms with van der Waals surface area (Å²) in [6.07, 6.45) is 5.34. The van der Waals surface area contributed by atoms with Crippen LogP contribution in [0.5, 0.6) is 0 Å². The maximum atomic E-state index is 12.4. The van der Waals surface area contributed by atoms with Crippen molar-refractivity contribution in [1.82, 2.24) is 0 Å². The van der Waals surface area contributed by atoms with Crippen molar-refractivity contribution in [2.45, 2.75) is 46.1 Å². The molecule has 0 N–H and O–H groups in total. The monoisotopic (exact) mass is 276 g/mol. The minimum Gasteiger partial charge on any atom is -0.454 e. The van der Waals surface area contributed by atoms with Gasteiger partial charge in [0, 0.05) is 12.1 Å². The molecule has 0 bridgehead atoms. The van der Waals surface area contributed by atoms with Crippen LogP contribution in [0.2, 0.25) is 0 Å². The molecule has 1 heterocycles. The zero-order valence-corrected chi connectivity index (χ0v) is 13.0. The fourth-order valence-electron chi connectivity index (χ4n) is 3.18. The molecule has 1 saturated carbocycles. The van der Waals surface area contributed by atoms with Crippen molar-refractivity contribution in [2.75, 3.05) is 0 Å². The third kappa shape index (κ3) is 3.38. The lowest BCUT2D eigenvalue weighted by molar-refractivity contribution is -0.674. The molecule has 1 aromatic rings. The molecular formula is C17H26NO2+. The molecule has 1 aliphatic rings. The number of nitrogens with zero attached hydrogens (tertiary/aromatic N) is 1. The Bertz CT molecular complexity index is 470. The maximum absolute atomic E-state index is 12.4. The summed E-state index contributed by atoms with van der Waals surface area (Å²) >= 11 is 0.